The smallest absolute Gasteiger partial charge is 0.254 e. The van der Waals surface area contributed by atoms with Crippen LogP contribution in [0.4, 0.5) is 5.69 Å². The summed E-state index contributed by atoms with van der Waals surface area (Å²) in [5.74, 6) is -0.0875. The van der Waals surface area contributed by atoms with E-state index in [9.17, 15) is 9.59 Å². The van der Waals surface area contributed by atoms with Crippen molar-refractivity contribution < 1.29 is 9.59 Å². The Morgan fingerprint density at radius 3 is 2.48 bits per heavy atom. The summed E-state index contributed by atoms with van der Waals surface area (Å²) in [6.45, 7) is 3.20. The molecule has 148 valence electrons. The molecule has 1 saturated heterocycles. The van der Waals surface area contributed by atoms with Crippen molar-refractivity contribution in [2.75, 3.05) is 25.0 Å². The molecule has 0 N–H and O–H groups in total. The number of carbonyl (C=O) groups excluding carboxylic acids is 2. The monoisotopic (exact) mass is 386 g/mol. The van der Waals surface area contributed by atoms with Crippen LogP contribution >= 0.6 is 0 Å². The van der Waals surface area contributed by atoms with Gasteiger partial charge in [0.05, 0.1) is 5.92 Å². The first-order valence-electron chi connectivity index (χ1n) is 10.2. The zero-order chi connectivity index (χ0) is 20.4. The van der Waals surface area contributed by atoms with Crippen LogP contribution in [0.25, 0.3) is 10.8 Å². The number of piperidine rings is 1. The second kappa shape index (κ2) is 8.08. The van der Waals surface area contributed by atoms with E-state index in [1.54, 1.807) is 4.90 Å². The number of anilines is 1. The van der Waals surface area contributed by atoms with E-state index in [0.717, 1.165) is 29.3 Å². The van der Waals surface area contributed by atoms with Crippen LogP contribution in [0, 0.1) is 12.8 Å². The molecular formula is C25H26N2O2. The van der Waals surface area contributed by atoms with Crippen molar-refractivity contribution in [3.63, 3.8) is 0 Å². The lowest BCUT2D eigenvalue weighted by Gasteiger charge is -2.34. The van der Waals surface area contributed by atoms with Gasteiger partial charge in [0.25, 0.3) is 5.91 Å². The van der Waals surface area contributed by atoms with Crippen molar-refractivity contribution in [1.82, 2.24) is 4.90 Å². The molecule has 1 aliphatic heterocycles. The van der Waals surface area contributed by atoms with E-state index in [0.29, 0.717) is 18.7 Å². The second-order valence-corrected chi connectivity index (χ2v) is 7.85. The number of hydrogen-bond acceptors (Lipinski definition) is 2. The molecule has 2 amide bonds. The maximum Gasteiger partial charge on any atom is 0.254 e. The zero-order valence-corrected chi connectivity index (χ0v) is 17.0. The summed E-state index contributed by atoms with van der Waals surface area (Å²) in [5, 5.41) is 2.02. The summed E-state index contributed by atoms with van der Waals surface area (Å²) in [6.07, 6.45) is 1.66. The highest BCUT2D eigenvalue weighted by atomic mass is 16.2. The van der Waals surface area contributed by atoms with Crippen molar-refractivity contribution in [1.29, 1.82) is 0 Å². The molecule has 1 atom stereocenters. The fourth-order valence-corrected chi connectivity index (χ4v) is 4.11. The first-order valence-corrected chi connectivity index (χ1v) is 10.2. The summed E-state index contributed by atoms with van der Waals surface area (Å²) < 4.78 is 0. The average Bonchev–Trinajstić information content (AvgIpc) is 2.78. The molecule has 0 saturated carbocycles. The van der Waals surface area contributed by atoms with Crippen LogP contribution < -0.4 is 4.90 Å². The highest BCUT2D eigenvalue weighted by Gasteiger charge is 2.31. The number of fused-ring (bicyclic) bond motifs is 1. The molecule has 3 aromatic rings. The minimum atomic E-state index is -0.172. The Labute approximate surface area is 171 Å². The van der Waals surface area contributed by atoms with Gasteiger partial charge in [0, 0.05) is 31.4 Å². The molecule has 1 unspecified atom stereocenters. The first-order chi connectivity index (χ1) is 14.0. The lowest BCUT2D eigenvalue weighted by atomic mass is 9.95. The quantitative estimate of drug-likeness (QED) is 0.657. The maximum atomic E-state index is 13.3. The van der Waals surface area contributed by atoms with Gasteiger partial charge in [0.1, 0.15) is 0 Å². The Morgan fingerprint density at radius 2 is 1.69 bits per heavy atom. The van der Waals surface area contributed by atoms with Gasteiger partial charge in [-0.3, -0.25) is 9.59 Å². The van der Waals surface area contributed by atoms with Crippen LogP contribution in [0.5, 0.6) is 0 Å². The highest BCUT2D eigenvalue weighted by molar-refractivity contribution is 6.07. The van der Waals surface area contributed by atoms with Gasteiger partial charge in [0.2, 0.25) is 5.91 Å². The fraction of sp³-hybridized carbons (Fsp3) is 0.280. The Bertz CT molecular complexity index is 1040. The molecular weight excluding hydrogens is 360 g/mol. The number of hydrogen-bond donors (Lipinski definition) is 0. The summed E-state index contributed by atoms with van der Waals surface area (Å²) in [7, 11) is 1.82. The molecule has 0 spiro atoms. The van der Waals surface area contributed by atoms with Crippen LogP contribution in [0.3, 0.4) is 0 Å². The van der Waals surface area contributed by atoms with Crippen LogP contribution in [-0.4, -0.2) is 36.9 Å². The third-order valence-electron chi connectivity index (χ3n) is 5.83. The summed E-state index contributed by atoms with van der Waals surface area (Å²) in [6, 6.07) is 21.7. The van der Waals surface area contributed by atoms with Crippen LogP contribution in [0.15, 0.2) is 66.7 Å². The molecule has 1 heterocycles. The van der Waals surface area contributed by atoms with E-state index in [2.05, 4.69) is 0 Å². The van der Waals surface area contributed by atoms with E-state index in [1.165, 1.54) is 5.56 Å². The molecule has 4 heteroatoms. The van der Waals surface area contributed by atoms with Crippen LogP contribution in [0.2, 0.25) is 0 Å². The first kappa shape index (κ1) is 19.2. The molecule has 29 heavy (non-hydrogen) atoms. The number of amides is 2. The number of nitrogens with zero attached hydrogens (tertiary/aromatic N) is 2. The lowest BCUT2D eigenvalue weighted by Crippen LogP contribution is -2.46. The minimum Gasteiger partial charge on any atom is -0.338 e. The Hall–Kier alpha value is -3.14. The van der Waals surface area contributed by atoms with Crippen LogP contribution in [-0.2, 0) is 4.79 Å². The van der Waals surface area contributed by atoms with E-state index < -0.39 is 0 Å². The SMILES string of the molecule is Cc1ccc(N(C)C(=O)C2CCCN(C(=O)c3cccc4ccccc34)C2)cc1. The van der Waals surface area contributed by atoms with E-state index in [4.69, 9.17) is 0 Å². The second-order valence-electron chi connectivity index (χ2n) is 7.85. The van der Waals surface area contributed by atoms with Crippen molar-refractivity contribution in [3.8, 4) is 0 Å². The van der Waals surface area contributed by atoms with Gasteiger partial charge in [-0.1, -0.05) is 54.1 Å². The van der Waals surface area contributed by atoms with Crippen molar-refractivity contribution in [3.05, 3.63) is 77.9 Å². The van der Waals surface area contributed by atoms with Gasteiger partial charge in [0.15, 0.2) is 0 Å². The fourth-order valence-electron chi connectivity index (χ4n) is 4.11. The summed E-state index contributed by atoms with van der Waals surface area (Å²) >= 11 is 0. The number of rotatable bonds is 3. The molecule has 0 aromatic heterocycles. The molecule has 0 radical (unpaired) electrons. The van der Waals surface area contributed by atoms with Crippen molar-refractivity contribution >= 4 is 28.3 Å². The minimum absolute atomic E-state index is 0.0114. The van der Waals surface area contributed by atoms with Crippen LogP contribution in [0.1, 0.15) is 28.8 Å². The molecule has 0 bridgehead atoms. The molecule has 4 rings (SSSR count). The van der Waals surface area contributed by atoms with Gasteiger partial charge in [-0.05, 0) is 48.7 Å². The predicted molar refractivity (Wildman–Crippen MR) is 117 cm³/mol. The van der Waals surface area contributed by atoms with E-state index in [-0.39, 0.29) is 17.7 Å². The highest BCUT2D eigenvalue weighted by Crippen LogP contribution is 2.25. The largest absolute Gasteiger partial charge is 0.338 e. The summed E-state index contributed by atoms with van der Waals surface area (Å²) in [4.78, 5) is 29.9. The van der Waals surface area contributed by atoms with Crippen molar-refractivity contribution in [2.24, 2.45) is 5.92 Å². The third kappa shape index (κ3) is 3.88. The van der Waals surface area contributed by atoms with E-state index >= 15 is 0 Å². The normalized spacial score (nSPS) is 16.6. The summed E-state index contributed by atoms with van der Waals surface area (Å²) in [5.41, 5.74) is 2.76. The standard InChI is InChI=1S/C25H26N2O2/c1-18-12-14-21(15-13-18)26(2)24(28)20-9-6-16-27(17-20)25(29)23-11-5-8-19-7-3-4-10-22(19)23/h3-5,7-8,10-15,20H,6,9,16-17H2,1-2H3. The number of carbonyl (C=O) groups is 2. The lowest BCUT2D eigenvalue weighted by molar-refractivity contribution is -0.123. The Morgan fingerprint density at radius 1 is 0.966 bits per heavy atom. The average molecular weight is 386 g/mol. The predicted octanol–water partition coefficient (Wildman–Crippen LogP) is 4.66. The number of likely N-dealkylation sites (tertiary alicyclic amines) is 1. The Kier molecular flexibility index (Phi) is 5.34. The topological polar surface area (TPSA) is 40.6 Å². The molecule has 1 aliphatic rings. The molecule has 0 aliphatic carbocycles. The molecule has 3 aromatic carbocycles. The number of aryl methyl sites for hydroxylation is 1. The molecule has 1 fully saturated rings. The third-order valence-corrected chi connectivity index (χ3v) is 5.83. The number of benzene rings is 3. The van der Waals surface area contributed by atoms with Gasteiger partial charge in [-0.15, -0.1) is 0 Å². The van der Waals surface area contributed by atoms with Gasteiger partial charge < -0.3 is 9.80 Å². The molecule has 4 nitrogen and oxygen atoms in total. The maximum absolute atomic E-state index is 13.3. The van der Waals surface area contributed by atoms with E-state index in [1.807, 2.05) is 85.6 Å². The van der Waals surface area contributed by atoms with Gasteiger partial charge in [-0.25, -0.2) is 0 Å². The zero-order valence-electron chi connectivity index (χ0n) is 17.0. The van der Waals surface area contributed by atoms with Crippen molar-refractivity contribution in [2.45, 2.75) is 19.8 Å². The Balaban J connectivity index is 1.52. The van der Waals surface area contributed by atoms with Gasteiger partial charge in [-0.2, -0.15) is 0 Å². The van der Waals surface area contributed by atoms with Gasteiger partial charge >= 0.3 is 0 Å².